The van der Waals surface area contributed by atoms with Crippen LogP contribution in [-0.2, 0) is 19.1 Å². The number of carbonyl (C=O) groups excluding carboxylic acids is 1. The molecule has 5 nitrogen and oxygen atoms in total. The number of hydrogen-bond donors (Lipinski definition) is 1. The van der Waals surface area contributed by atoms with Gasteiger partial charge in [-0.1, -0.05) is 20.3 Å². The van der Waals surface area contributed by atoms with Gasteiger partial charge in [-0.3, -0.25) is 4.79 Å². The van der Waals surface area contributed by atoms with Crippen molar-refractivity contribution in [2.24, 2.45) is 28.1 Å². The summed E-state index contributed by atoms with van der Waals surface area (Å²) >= 11 is 0. The van der Waals surface area contributed by atoms with Crippen LogP contribution in [0.25, 0.3) is 0 Å². The minimum absolute atomic E-state index is 0.0269. The zero-order chi connectivity index (χ0) is 18.9. The molecule has 0 spiro atoms. The molecule has 1 aliphatic heterocycles. The summed E-state index contributed by atoms with van der Waals surface area (Å²) in [5.74, 6) is -0.334. The van der Waals surface area contributed by atoms with Crippen LogP contribution in [0.4, 0.5) is 0 Å². The highest BCUT2D eigenvalue weighted by molar-refractivity contribution is 5.92. The van der Waals surface area contributed by atoms with Crippen molar-refractivity contribution >= 4 is 11.9 Å². The number of methoxy groups -OCH3 is 1. The Bertz CT molecular complexity index is 697. The lowest BCUT2D eigenvalue weighted by atomic mass is 9.40. The molecule has 4 aliphatic rings. The summed E-state index contributed by atoms with van der Waals surface area (Å²) in [4.78, 5) is 24.5. The Morgan fingerprint density at radius 2 is 1.88 bits per heavy atom. The molecule has 0 radical (unpaired) electrons. The molecule has 0 aromatic heterocycles. The smallest absolute Gasteiger partial charge is 0.336 e. The zero-order valence-electron chi connectivity index (χ0n) is 16.3. The molecule has 0 bridgehead atoms. The molecule has 0 saturated heterocycles. The van der Waals surface area contributed by atoms with Crippen LogP contribution >= 0.6 is 0 Å². The predicted octanol–water partition coefficient (Wildman–Crippen LogP) is 3.92. The fourth-order valence-corrected chi connectivity index (χ4v) is 7.34. The van der Waals surface area contributed by atoms with E-state index in [-0.39, 0.29) is 22.7 Å². The van der Waals surface area contributed by atoms with Crippen molar-refractivity contribution < 1.29 is 24.2 Å². The van der Waals surface area contributed by atoms with E-state index in [1.807, 2.05) is 6.92 Å². The van der Waals surface area contributed by atoms with Crippen LogP contribution in [0, 0.1) is 28.1 Å². The van der Waals surface area contributed by atoms with Gasteiger partial charge in [0.1, 0.15) is 0 Å². The Balaban J connectivity index is 1.79. The van der Waals surface area contributed by atoms with Gasteiger partial charge >= 0.3 is 11.9 Å². The summed E-state index contributed by atoms with van der Waals surface area (Å²) in [5, 5.41) is 9.98. The number of hydrogen-bond acceptors (Lipinski definition) is 4. The van der Waals surface area contributed by atoms with Crippen molar-refractivity contribution in [3.63, 3.8) is 0 Å². The van der Waals surface area contributed by atoms with Crippen LogP contribution < -0.4 is 0 Å². The first kappa shape index (κ1) is 18.0. The van der Waals surface area contributed by atoms with E-state index in [4.69, 9.17) is 9.47 Å². The second-order valence-electron chi connectivity index (χ2n) is 9.55. The van der Waals surface area contributed by atoms with E-state index in [0.717, 1.165) is 56.1 Å². The number of carboxylic acids is 1. The molecule has 2 saturated carbocycles. The summed E-state index contributed by atoms with van der Waals surface area (Å²) in [6, 6.07) is 0. The van der Waals surface area contributed by atoms with E-state index in [1.54, 1.807) is 7.11 Å². The molecule has 1 heterocycles. The molecule has 2 fully saturated rings. The topological polar surface area (TPSA) is 72.8 Å². The molecular weight excluding hydrogens is 332 g/mol. The normalized spacial score (nSPS) is 47.7. The van der Waals surface area contributed by atoms with E-state index in [2.05, 4.69) is 13.8 Å². The summed E-state index contributed by atoms with van der Waals surface area (Å²) < 4.78 is 11.0. The van der Waals surface area contributed by atoms with Gasteiger partial charge in [0.2, 0.25) is 6.29 Å². The maximum Gasteiger partial charge on any atom is 0.336 e. The number of aliphatic carboxylic acids is 1. The van der Waals surface area contributed by atoms with Gasteiger partial charge in [0.05, 0.1) is 5.41 Å². The number of fused-ring (bicyclic) bond motifs is 4. The second kappa shape index (κ2) is 5.57. The third-order valence-electron chi connectivity index (χ3n) is 8.52. The Morgan fingerprint density at radius 1 is 1.15 bits per heavy atom. The van der Waals surface area contributed by atoms with Crippen molar-refractivity contribution in [3.05, 3.63) is 11.1 Å². The monoisotopic (exact) mass is 362 g/mol. The number of rotatable bonds is 2. The third-order valence-corrected chi connectivity index (χ3v) is 8.52. The maximum absolute atomic E-state index is 12.3. The fourth-order valence-electron chi connectivity index (χ4n) is 7.34. The van der Waals surface area contributed by atoms with Crippen LogP contribution in [0.5, 0.6) is 0 Å². The first-order chi connectivity index (χ1) is 12.2. The van der Waals surface area contributed by atoms with E-state index in [1.165, 1.54) is 0 Å². The van der Waals surface area contributed by atoms with Gasteiger partial charge in [-0.2, -0.15) is 0 Å². The molecule has 26 heavy (non-hydrogen) atoms. The largest absolute Gasteiger partial charge is 0.481 e. The number of esters is 1. The molecular formula is C21H30O5. The first-order valence-corrected chi connectivity index (χ1v) is 9.89. The molecule has 1 N–H and O–H groups in total. The van der Waals surface area contributed by atoms with E-state index in [0.29, 0.717) is 5.92 Å². The van der Waals surface area contributed by atoms with Crippen molar-refractivity contribution in [2.75, 3.05) is 7.11 Å². The van der Waals surface area contributed by atoms with Crippen LogP contribution in [-0.4, -0.2) is 30.4 Å². The molecule has 0 aromatic rings. The number of carbonyl (C=O) groups is 2. The molecule has 6 atom stereocenters. The highest BCUT2D eigenvalue weighted by atomic mass is 16.7. The van der Waals surface area contributed by atoms with Gasteiger partial charge in [-0.05, 0) is 68.1 Å². The lowest BCUT2D eigenvalue weighted by molar-refractivity contribution is -0.178. The van der Waals surface area contributed by atoms with Crippen molar-refractivity contribution in [1.82, 2.24) is 0 Å². The first-order valence-electron chi connectivity index (χ1n) is 9.89. The van der Waals surface area contributed by atoms with E-state index in [9.17, 15) is 14.7 Å². The predicted molar refractivity (Wildman–Crippen MR) is 95.2 cm³/mol. The molecule has 5 heteroatoms. The van der Waals surface area contributed by atoms with Gasteiger partial charge in [-0.25, -0.2) is 4.79 Å². The number of ether oxygens (including phenoxy) is 2. The SMILES string of the molecule is CO[C@H]1OC(=O)C2=C1[C@]1(C)CCC3[C@](C)(CCC[C@]3(C)C(=O)O)C1CC2. The van der Waals surface area contributed by atoms with Crippen LogP contribution in [0.15, 0.2) is 11.1 Å². The van der Waals surface area contributed by atoms with Gasteiger partial charge in [0, 0.05) is 18.3 Å². The Labute approximate surface area is 155 Å². The minimum atomic E-state index is -0.651. The number of carboxylic acid groups (broad SMARTS) is 1. The summed E-state index contributed by atoms with van der Waals surface area (Å²) in [5.41, 5.74) is 1.03. The van der Waals surface area contributed by atoms with Gasteiger partial charge in [0.25, 0.3) is 0 Å². The fraction of sp³-hybridized carbons (Fsp3) is 0.810. The maximum atomic E-state index is 12.3. The highest BCUT2D eigenvalue weighted by Gasteiger charge is 2.64. The highest BCUT2D eigenvalue weighted by Crippen LogP contribution is 2.69. The lowest BCUT2D eigenvalue weighted by Gasteiger charge is -2.63. The average molecular weight is 362 g/mol. The van der Waals surface area contributed by atoms with Crippen LogP contribution in [0.3, 0.4) is 0 Å². The van der Waals surface area contributed by atoms with Crippen molar-refractivity contribution in [3.8, 4) is 0 Å². The number of cyclic esters (lactones) is 1. The third kappa shape index (κ3) is 2.07. The van der Waals surface area contributed by atoms with Crippen molar-refractivity contribution in [2.45, 2.75) is 72.0 Å². The zero-order valence-corrected chi connectivity index (χ0v) is 16.3. The second-order valence-corrected chi connectivity index (χ2v) is 9.55. The van der Waals surface area contributed by atoms with E-state index >= 15 is 0 Å². The molecule has 2 unspecified atom stereocenters. The standard InChI is InChI=1S/C21H30O5/c1-19-9-5-10-21(3,18(23)24)14(19)8-11-20(2)13(19)7-6-12-15(20)17(25-4)26-16(12)22/h13-14,17H,5-11H2,1-4H3,(H,23,24)/t13?,14?,17-,19+,20+,21-/m0/s1. The molecule has 4 rings (SSSR count). The lowest BCUT2D eigenvalue weighted by Crippen LogP contribution is -2.59. The van der Waals surface area contributed by atoms with Gasteiger partial charge in [0.15, 0.2) is 0 Å². The quantitative estimate of drug-likeness (QED) is 0.754. The van der Waals surface area contributed by atoms with Crippen LogP contribution in [0.1, 0.15) is 65.7 Å². The Kier molecular flexibility index (Phi) is 3.86. The average Bonchev–Trinajstić information content (AvgIpc) is 2.91. The summed E-state index contributed by atoms with van der Waals surface area (Å²) in [6.45, 7) is 6.52. The Hall–Kier alpha value is -1.36. The van der Waals surface area contributed by atoms with Gasteiger partial charge in [-0.15, -0.1) is 0 Å². The summed E-state index contributed by atoms with van der Waals surface area (Å²) in [6.07, 6.45) is 5.66. The minimum Gasteiger partial charge on any atom is -0.481 e. The molecule has 3 aliphatic carbocycles. The Morgan fingerprint density at radius 3 is 2.54 bits per heavy atom. The van der Waals surface area contributed by atoms with Crippen LogP contribution in [0.2, 0.25) is 0 Å². The van der Waals surface area contributed by atoms with Crippen molar-refractivity contribution in [1.29, 1.82) is 0 Å². The van der Waals surface area contributed by atoms with Gasteiger partial charge < -0.3 is 14.6 Å². The molecule has 0 amide bonds. The molecule has 144 valence electrons. The summed E-state index contributed by atoms with van der Waals surface area (Å²) in [7, 11) is 1.59. The van der Waals surface area contributed by atoms with E-state index < -0.39 is 17.7 Å². The molecule has 0 aromatic carbocycles.